The third-order valence-corrected chi connectivity index (χ3v) is 2.78. The van der Waals surface area contributed by atoms with E-state index in [0.717, 1.165) is 17.0 Å². The molecule has 0 unspecified atom stereocenters. The number of aromatic nitrogens is 2. The summed E-state index contributed by atoms with van der Waals surface area (Å²) in [6.45, 7) is 8.03. The molecule has 0 fully saturated rings. The average Bonchev–Trinajstić information content (AvgIpc) is 2.30. The quantitative estimate of drug-likeness (QED) is 0.676. The Morgan fingerprint density at radius 3 is 2.32 bits per heavy atom. The van der Waals surface area contributed by atoms with Crippen LogP contribution in [0.1, 0.15) is 28.1 Å². The second-order valence-corrected chi connectivity index (χ2v) is 4.70. The fourth-order valence-corrected chi connectivity index (χ4v) is 1.91. The molecule has 0 saturated carbocycles. The molecule has 4 heteroatoms. The highest BCUT2D eigenvalue weighted by Gasteiger charge is 1.98. The van der Waals surface area contributed by atoms with E-state index < -0.39 is 0 Å². The maximum Gasteiger partial charge on any atom is 0.243 e. The molecule has 0 aliphatic rings. The van der Waals surface area contributed by atoms with E-state index in [4.69, 9.17) is 0 Å². The molecule has 0 aliphatic heterocycles. The molecule has 1 heterocycles. The van der Waals surface area contributed by atoms with E-state index in [1.807, 2.05) is 19.9 Å². The molecule has 0 aliphatic carbocycles. The lowest BCUT2D eigenvalue weighted by molar-refractivity contribution is 1.04. The Kier molecular flexibility index (Phi) is 3.90. The van der Waals surface area contributed by atoms with Gasteiger partial charge in [-0.3, -0.25) is 0 Å². The lowest BCUT2D eigenvalue weighted by Gasteiger charge is -2.03. The highest BCUT2D eigenvalue weighted by atomic mass is 15.3. The summed E-state index contributed by atoms with van der Waals surface area (Å²) in [7, 11) is 0. The van der Waals surface area contributed by atoms with E-state index in [0.29, 0.717) is 5.95 Å². The molecule has 2 rings (SSSR count). The minimum absolute atomic E-state index is 0.526. The van der Waals surface area contributed by atoms with Gasteiger partial charge in [-0.2, -0.15) is 5.10 Å². The summed E-state index contributed by atoms with van der Waals surface area (Å²) >= 11 is 0. The Labute approximate surface area is 113 Å². The molecule has 1 aromatic heterocycles. The van der Waals surface area contributed by atoms with Gasteiger partial charge in [-0.15, -0.1) is 0 Å². The van der Waals surface area contributed by atoms with Crippen molar-refractivity contribution < 1.29 is 0 Å². The third-order valence-electron chi connectivity index (χ3n) is 2.78. The van der Waals surface area contributed by atoms with Gasteiger partial charge in [0.05, 0.1) is 6.21 Å². The van der Waals surface area contributed by atoms with Gasteiger partial charge in [0.25, 0.3) is 0 Å². The van der Waals surface area contributed by atoms with Gasteiger partial charge in [-0.25, -0.2) is 15.4 Å². The van der Waals surface area contributed by atoms with Crippen molar-refractivity contribution in [1.82, 2.24) is 9.97 Å². The van der Waals surface area contributed by atoms with Gasteiger partial charge in [0.15, 0.2) is 0 Å². The van der Waals surface area contributed by atoms with E-state index in [-0.39, 0.29) is 0 Å². The molecule has 4 nitrogen and oxygen atoms in total. The number of nitrogens with one attached hydrogen (secondary N) is 1. The monoisotopic (exact) mass is 254 g/mol. The molecule has 19 heavy (non-hydrogen) atoms. The van der Waals surface area contributed by atoms with Gasteiger partial charge in [-0.05, 0) is 44.9 Å². The maximum atomic E-state index is 4.27. The smallest absolute Gasteiger partial charge is 0.243 e. The molecule has 0 radical (unpaired) electrons. The SMILES string of the molecule is Cc1ccc(/C=N/Nc2nc(C)cc(C)n2)c(C)c1. The van der Waals surface area contributed by atoms with Crippen LogP contribution < -0.4 is 5.43 Å². The minimum atomic E-state index is 0.526. The number of benzene rings is 1. The summed E-state index contributed by atoms with van der Waals surface area (Å²) in [6, 6.07) is 8.19. The first kappa shape index (κ1) is 13.2. The molecule has 0 amide bonds. The zero-order valence-corrected chi connectivity index (χ0v) is 11.7. The van der Waals surface area contributed by atoms with Crippen LogP contribution in [0.2, 0.25) is 0 Å². The summed E-state index contributed by atoms with van der Waals surface area (Å²) in [6.07, 6.45) is 1.79. The predicted octanol–water partition coefficient (Wildman–Crippen LogP) is 3.16. The summed E-state index contributed by atoms with van der Waals surface area (Å²) in [5.41, 5.74) is 8.26. The van der Waals surface area contributed by atoms with Gasteiger partial charge in [0.1, 0.15) is 0 Å². The van der Waals surface area contributed by atoms with Gasteiger partial charge in [-0.1, -0.05) is 23.8 Å². The lowest BCUT2D eigenvalue weighted by atomic mass is 10.1. The fourth-order valence-electron chi connectivity index (χ4n) is 1.91. The number of hydrazone groups is 1. The van der Waals surface area contributed by atoms with Gasteiger partial charge < -0.3 is 0 Å². The van der Waals surface area contributed by atoms with Crippen LogP contribution >= 0.6 is 0 Å². The number of hydrogen-bond donors (Lipinski definition) is 1. The molecule has 0 saturated heterocycles. The first-order chi connectivity index (χ1) is 9.04. The van der Waals surface area contributed by atoms with E-state index >= 15 is 0 Å². The zero-order chi connectivity index (χ0) is 13.8. The van der Waals surface area contributed by atoms with E-state index in [1.165, 1.54) is 11.1 Å². The van der Waals surface area contributed by atoms with Crippen LogP contribution in [0.15, 0.2) is 29.4 Å². The maximum absolute atomic E-state index is 4.27. The van der Waals surface area contributed by atoms with Crippen molar-refractivity contribution in [2.75, 3.05) is 5.43 Å². The van der Waals surface area contributed by atoms with Gasteiger partial charge >= 0.3 is 0 Å². The van der Waals surface area contributed by atoms with E-state index in [2.05, 4.69) is 52.5 Å². The van der Waals surface area contributed by atoms with Gasteiger partial charge in [0.2, 0.25) is 5.95 Å². The van der Waals surface area contributed by atoms with Crippen molar-refractivity contribution >= 4 is 12.2 Å². The lowest BCUT2D eigenvalue weighted by Crippen LogP contribution is -2.00. The third kappa shape index (κ3) is 3.61. The number of aryl methyl sites for hydroxylation is 4. The number of rotatable bonds is 3. The average molecular weight is 254 g/mol. The van der Waals surface area contributed by atoms with Crippen LogP contribution in [-0.2, 0) is 0 Å². The van der Waals surface area contributed by atoms with Crippen molar-refractivity contribution in [3.63, 3.8) is 0 Å². The molecular formula is C15H18N4. The summed E-state index contributed by atoms with van der Waals surface area (Å²) in [5, 5.41) is 4.18. The number of anilines is 1. The van der Waals surface area contributed by atoms with Crippen LogP contribution in [0, 0.1) is 27.7 Å². The molecule has 98 valence electrons. The van der Waals surface area contributed by atoms with Crippen molar-refractivity contribution in [3.05, 3.63) is 52.3 Å². The van der Waals surface area contributed by atoms with Crippen LogP contribution in [0.5, 0.6) is 0 Å². The molecule has 1 N–H and O–H groups in total. The standard InChI is InChI=1S/C15H18N4/c1-10-5-6-14(11(2)7-10)9-16-19-15-17-12(3)8-13(4)18-15/h5-9H,1-4H3,(H,17,18,19)/b16-9+. The zero-order valence-electron chi connectivity index (χ0n) is 11.7. The number of nitrogens with zero attached hydrogens (tertiary/aromatic N) is 3. The van der Waals surface area contributed by atoms with Crippen LogP contribution in [0.4, 0.5) is 5.95 Å². The molecule has 2 aromatic rings. The Bertz CT molecular complexity index is 597. The van der Waals surface area contributed by atoms with Gasteiger partial charge in [0, 0.05) is 11.4 Å². The van der Waals surface area contributed by atoms with E-state index in [9.17, 15) is 0 Å². The summed E-state index contributed by atoms with van der Waals surface area (Å²) in [5.74, 6) is 0.526. The first-order valence-electron chi connectivity index (χ1n) is 6.23. The Hall–Kier alpha value is -2.23. The molecular weight excluding hydrogens is 236 g/mol. The molecule has 0 bridgehead atoms. The normalized spacial score (nSPS) is 10.9. The minimum Gasteiger partial charge on any atom is -0.245 e. The fraction of sp³-hybridized carbons (Fsp3) is 0.267. The molecule has 0 atom stereocenters. The topological polar surface area (TPSA) is 50.2 Å². The molecule has 0 spiro atoms. The highest BCUT2D eigenvalue weighted by Crippen LogP contribution is 2.08. The Balaban J connectivity index is 2.11. The van der Waals surface area contributed by atoms with Crippen LogP contribution in [0.3, 0.4) is 0 Å². The Morgan fingerprint density at radius 2 is 1.68 bits per heavy atom. The second-order valence-electron chi connectivity index (χ2n) is 4.70. The summed E-state index contributed by atoms with van der Waals surface area (Å²) < 4.78 is 0. The van der Waals surface area contributed by atoms with Crippen LogP contribution in [-0.4, -0.2) is 16.2 Å². The van der Waals surface area contributed by atoms with Crippen LogP contribution in [0.25, 0.3) is 0 Å². The highest BCUT2D eigenvalue weighted by molar-refractivity contribution is 5.82. The Morgan fingerprint density at radius 1 is 1.00 bits per heavy atom. The molecule has 1 aromatic carbocycles. The summed E-state index contributed by atoms with van der Waals surface area (Å²) in [4.78, 5) is 8.53. The van der Waals surface area contributed by atoms with Crippen molar-refractivity contribution in [2.45, 2.75) is 27.7 Å². The largest absolute Gasteiger partial charge is 0.245 e. The van der Waals surface area contributed by atoms with Crippen molar-refractivity contribution in [1.29, 1.82) is 0 Å². The second kappa shape index (κ2) is 5.61. The first-order valence-corrected chi connectivity index (χ1v) is 6.23. The van der Waals surface area contributed by atoms with Crippen molar-refractivity contribution in [2.24, 2.45) is 5.10 Å². The number of hydrogen-bond acceptors (Lipinski definition) is 4. The van der Waals surface area contributed by atoms with E-state index in [1.54, 1.807) is 6.21 Å². The van der Waals surface area contributed by atoms with Crippen molar-refractivity contribution in [3.8, 4) is 0 Å². The predicted molar refractivity (Wildman–Crippen MR) is 78.6 cm³/mol.